The summed E-state index contributed by atoms with van der Waals surface area (Å²) in [6.07, 6.45) is 0. The molecule has 84 valence electrons. The molecule has 1 heterocycles. The fourth-order valence-corrected chi connectivity index (χ4v) is 2.44. The van der Waals surface area contributed by atoms with Gasteiger partial charge in [-0.25, -0.2) is 4.39 Å². The highest BCUT2D eigenvalue weighted by Gasteiger charge is 2.13. The average molecular weight is 235 g/mol. The van der Waals surface area contributed by atoms with Crippen molar-refractivity contribution in [2.75, 3.05) is 7.05 Å². The smallest absolute Gasteiger partial charge is 0.126 e. The van der Waals surface area contributed by atoms with Crippen molar-refractivity contribution in [3.8, 4) is 0 Å². The first-order chi connectivity index (χ1) is 7.72. The molecule has 0 aliphatic rings. The predicted molar refractivity (Wildman–Crippen MR) is 66.4 cm³/mol. The number of thiophene rings is 1. The van der Waals surface area contributed by atoms with Gasteiger partial charge < -0.3 is 5.32 Å². The van der Waals surface area contributed by atoms with Crippen molar-refractivity contribution >= 4 is 11.3 Å². The lowest BCUT2D eigenvalue weighted by Gasteiger charge is -2.16. The lowest BCUT2D eigenvalue weighted by Crippen LogP contribution is -2.17. The van der Waals surface area contributed by atoms with E-state index in [4.69, 9.17) is 0 Å². The van der Waals surface area contributed by atoms with E-state index in [9.17, 15) is 4.39 Å². The Balaban J connectivity index is 2.37. The van der Waals surface area contributed by atoms with Crippen LogP contribution in [0.1, 0.15) is 22.7 Å². The normalized spacial score (nSPS) is 12.7. The SMILES string of the molecule is CNC(c1ccsc1)c1ccc(C)c(F)c1. The van der Waals surface area contributed by atoms with Crippen molar-refractivity contribution in [2.45, 2.75) is 13.0 Å². The summed E-state index contributed by atoms with van der Waals surface area (Å²) in [5.41, 5.74) is 2.82. The van der Waals surface area contributed by atoms with E-state index in [1.807, 2.05) is 24.6 Å². The Hall–Kier alpha value is -1.19. The van der Waals surface area contributed by atoms with Gasteiger partial charge in [0.15, 0.2) is 0 Å². The summed E-state index contributed by atoms with van der Waals surface area (Å²) in [5.74, 6) is -0.145. The van der Waals surface area contributed by atoms with Crippen LogP contribution in [-0.2, 0) is 0 Å². The van der Waals surface area contributed by atoms with Crippen molar-refractivity contribution in [1.29, 1.82) is 0 Å². The summed E-state index contributed by atoms with van der Waals surface area (Å²) in [6, 6.07) is 7.53. The van der Waals surface area contributed by atoms with Crippen LogP contribution in [0.4, 0.5) is 4.39 Å². The summed E-state index contributed by atoms with van der Waals surface area (Å²) in [6.45, 7) is 1.78. The quantitative estimate of drug-likeness (QED) is 0.858. The molecule has 0 aliphatic carbocycles. The molecular weight excluding hydrogens is 221 g/mol. The first-order valence-electron chi connectivity index (χ1n) is 5.18. The van der Waals surface area contributed by atoms with Gasteiger partial charge in [-0.3, -0.25) is 0 Å². The van der Waals surface area contributed by atoms with Crippen LogP contribution < -0.4 is 5.32 Å². The molecule has 1 nitrogen and oxygen atoms in total. The maximum atomic E-state index is 13.5. The van der Waals surface area contributed by atoms with Crippen molar-refractivity contribution in [3.05, 3.63) is 57.5 Å². The number of nitrogens with one attached hydrogen (secondary N) is 1. The zero-order chi connectivity index (χ0) is 11.5. The van der Waals surface area contributed by atoms with Crippen molar-refractivity contribution < 1.29 is 4.39 Å². The fraction of sp³-hybridized carbons (Fsp3) is 0.231. The predicted octanol–water partition coefficient (Wildman–Crippen LogP) is 3.50. The third kappa shape index (κ3) is 2.15. The van der Waals surface area contributed by atoms with E-state index in [2.05, 4.69) is 16.8 Å². The van der Waals surface area contributed by atoms with E-state index in [1.165, 1.54) is 5.56 Å². The van der Waals surface area contributed by atoms with Crippen molar-refractivity contribution in [3.63, 3.8) is 0 Å². The Morgan fingerprint density at radius 3 is 2.62 bits per heavy atom. The second-order valence-electron chi connectivity index (χ2n) is 3.79. The number of benzene rings is 1. The lowest BCUT2D eigenvalue weighted by atomic mass is 10.00. The number of aryl methyl sites for hydroxylation is 1. The molecular formula is C13H14FNS. The molecule has 0 fully saturated rings. The summed E-state index contributed by atoms with van der Waals surface area (Å²) in [5, 5.41) is 7.32. The van der Waals surface area contributed by atoms with E-state index < -0.39 is 0 Å². The highest BCUT2D eigenvalue weighted by Crippen LogP contribution is 2.24. The zero-order valence-corrected chi connectivity index (χ0v) is 10.1. The Bertz CT molecular complexity index is 465. The molecule has 2 rings (SSSR count). The zero-order valence-electron chi connectivity index (χ0n) is 9.33. The lowest BCUT2D eigenvalue weighted by molar-refractivity contribution is 0.608. The molecule has 1 aromatic carbocycles. The van der Waals surface area contributed by atoms with Gasteiger partial charge in [-0.15, -0.1) is 0 Å². The second kappa shape index (κ2) is 4.76. The van der Waals surface area contributed by atoms with Gasteiger partial charge in [-0.05, 0) is 53.6 Å². The maximum Gasteiger partial charge on any atom is 0.126 e. The molecule has 0 radical (unpaired) electrons. The summed E-state index contributed by atoms with van der Waals surface area (Å²) in [7, 11) is 1.89. The van der Waals surface area contributed by atoms with Gasteiger partial charge in [-0.1, -0.05) is 12.1 Å². The molecule has 1 unspecified atom stereocenters. The monoisotopic (exact) mass is 235 g/mol. The number of hydrogen-bond acceptors (Lipinski definition) is 2. The van der Waals surface area contributed by atoms with Gasteiger partial charge in [0.2, 0.25) is 0 Å². The molecule has 1 atom stereocenters. The van der Waals surface area contributed by atoms with Gasteiger partial charge in [0, 0.05) is 0 Å². The van der Waals surface area contributed by atoms with Gasteiger partial charge in [0.25, 0.3) is 0 Å². The third-order valence-electron chi connectivity index (χ3n) is 2.69. The van der Waals surface area contributed by atoms with Crippen LogP contribution in [0.2, 0.25) is 0 Å². The van der Waals surface area contributed by atoms with Gasteiger partial charge >= 0.3 is 0 Å². The topological polar surface area (TPSA) is 12.0 Å². The molecule has 16 heavy (non-hydrogen) atoms. The van der Waals surface area contributed by atoms with Crippen molar-refractivity contribution in [2.24, 2.45) is 0 Å². The van der Waals surface area contributed by atoms with Crippen LogP contribution in [0.3, 0.4) is 0 Å². The second-order valence-corrected chi connectivity index (χ2v) is 4.57. The minimum atomic E-state index is -0.145. The Morgan fingerprint density at radius 2 is 2.06 bits per heavy atom. The summed E-state index contributed by atoms with van der Waals surface area (Å²) < 4.78 is 13.5. The molecule has 1 aromatic heterocycles. The van der Waals surface area contributed by atoms with Gasteiger partial charge in [0.05, 0.1) is 6.04 Å². The summed E-state index contributed by atoms with van der Waals surface area (Å²) in [4.78, 5) is 0. The van der Waals surface area contributed by atoms with Crippen LogP contribution >= 0.6 is 11.3 Å². The Kier molecular flexibility index (Phi) is 3.36. The highest BCUT2D eigenvalue weighted by atomic mass is 32.1. The summed E-state index contributed by atoms with van der Waals surface area (Å²) >= 11 is 1.65. The minimum Gasteiger partial charge on any atom is -0.309 e. The number of halogens is 1. The molecule has 0 aliphatic heterocycles. The Morgan fingerprint density at radius 1 is 1.25 bits per heavy atom. The fourth-order valence-electron chi connectivity index (χ4n) is 1.75. The van der Waals surface area contributed by atoms with Crippen LogP contribution in [0, 0.1) is 12.7 Å². The van der Waals surface area contributed by atoms with Gasteiger partial charge in [0.1, 0.15) is 5.82 Å². The molecule has 0 saturated heterocycles. The first kappa shape index (κ1) is 11.3. The first-order valence-corrected chi connectivity index (χ1v) is 6.12. The van der Waals surface area contributed by atoms with Crippen LogP contribution in [0.25, 0.3) is 0 Å². The van der Waals surface area contributed by atoms with Crippen LogP contribution in [0.15, 0.2) is 35.0 Å². The number of hydrogen-bond donors (Lipinski definition) is 1. The molecule has 0 spiro atoms. The third-order valence-corrected chi connectivity index (χ3v) is 3.40. The maximum absolute atomic E-state index is 13.5. The van der Waals surface area contributed by atoms with Crippen LogP contribution in [0.5, 0.6) is 0 Å². The molecule has 3 heteroatoms. The van der Waals surface area contributed by atoms with E-state index in [1.54, 1.807) is 24.3 Å². The van der Waals surface area contributed by atoms with E-state index >= 15 is 0 Å². The van der Waals surface area contributed by atoms with E-state index in [-0.39, 0.29) is 11.9 Å². The largest absolute Gasteiger partial charge is 0.309 e. The number of rotatable bonds is 3. The average Bonchev–Trinajstić information content (AvgIpc) is 2.78. The Labute approximate surface area is 98.9 Å². The molecule has 0 amide bonds. The van der Waals surface area contributed by atoms with E-state index in [0.29, 0.717) is 5.56 Å². The molecule has 2 aromatic rings. The molecule has 1 N–H and O–H groups in total. The highest BCUT2D eigenvalue weighted by molar-refractivity contribution is 7.08. The van der Waals surface area contributed by atoms with Crippen molar-refractivity contribution in [1.82, 2.24) is 5.32 Å². The molecule has 0 bridgehead atoms. The van der Waals surface area contributed by atoms with Gasteiger partial charge in [-0.2, -0.15) is 11.3 Å². The minimum absolute atomic E-state index is 0.0707. The van der Waals surface area contributed by atoms with E-state index in [0.717, 1.165) is 5.56 Å². The standard InChI is InChI=1S/C13H14FNS/c1-9-3-4-10(7-12(9)14)13(15-2)11-5-6-16-8-11/h3-8,13,15H,1-2H3. The molecule has 0 saturated carbocycles. The van der Waals surface area contributed by atoms with Crippen LogP contribution in [-0.4, -0.2) is 7.05 Å².